The highest BCUT2D eigenvalue weighted by Gasteiger charge is 2.13. The van der Waals surface area contributed by atoms with Crippen LogP contribution in [0.2, 0.25) is 5.02 Å². The molecule has 0 radical (unpaired) electrons. The second-order valence-corrected chi connectivity index (χ2v) is 6.70. The van der Waals surface area contributed by atoms with E-state index in [1.165, 1.54) is 11.1 Å². The Balaban J connectivity index is 2.03. The molecule has 0 saturated carbocycles. The van der Waals surface area contributed by atoms with E-state index in [0.717, 1.165) is 6.42 Å². The number of carbonyl (C=O) groups is 1. The summed E-state index contributed by atoms with van der Waals surface area (Å²) in [7, 11) is 0. The first kappa shape index (κ1) is 20.2. The third kappa shape index (κ3) is 5.44. The van der Waals surface area contributed by atoms with Crippen molar-refractivity contribution in [3.05, 3.63) is 64.2 Å². The molecule has 1 atom stereocenters. The summed E-state index contributed by atoms with van der Waals surface area (Å²) in [6.45, 7) is 6.23. The number of rotatable bonds is 6. The van der Waals surface area contributed by atoms with Gasteiger partial charge in [-0.1, -0.05) is 48.4 Å². The van der Waals surface area contributed by atoms with Gasteiger partial charge in [-0.15, -0.1) is 0 Å². The summed E-state index contributed by atoms with van der Waals surface area (Å²) >= 11 is 11.6. The standard InChI is InChI=1S/C20H23ClN2O2S/c1-4-18(14-8-6-13(3)7-9-14)23-20(26)22-15-10-11-16(17(21)12-15)19(24)25-5-2/h6-12,18H,4-5H2,1-3H3,(H2,22,23,26). The number of aryl methyl sites for hydroxylation is 1. The first-order valence-corrected chi connectivity index (χ1v) is 9.34. The van der Waals surface area contributed by atoms with Crippen LogP contribution in [0.4, 0.5) is 5.69 Å². The van der Waals surface area contributed by atoms with E-state index >= 15 is 0 Å². The molecule has 0 aliphatic carbocycles. The fourth-order valence-corrected chi connectivity index (χ4v) is 3.03. The summed E-state index contributed by atoms with van der Waals surface area (Å²) in [4.78, 5) is 11.8. The zero-order valence-electron chi connectivity index (χ0n) is 15.1. The molecule has 0 bridgehead atoms. The Bertz CT molecular complexity index is 778. The lowest BCUT2D eigenvalue weighted by atomic mass is 10.0. The highest BCUT2D eigenvalue weighted by molar-refractivity contribution is 7.80. The predicted octanol–water partition coefficient (Wildman–Crippen LogP) is 5.26. The van der Waals surface area contributed by atoms with E-state index in [2.05, 4.69) is 48.7 Å². The van der Waals surface area contributed by atoms with E-state index in [1.54, 1.807) is 25.1 Å². The SMILES string of the molecule is CCOC(=O)c1ccc(NC(=S)NC(CC)c2ccc(C)cc2)cc1Cl. The molecule has 138 valence electrons. The average Bonchev–Trinajstić information content (AvgIpc) is 2.60. The molecule has 2 N–H and O–H groups in total. The number of hydrogen-bond donors (Lipinski definition) is 2. The third-order valence-electron chi connectivity index (χ3n) is 3.92. The summed E-state index contributed by atoms with van der Waals surface area (Å²) in [5.74, 6) is -0.435. The number of nitrogens with one attached hydrogen (secondary N) is 2. The van der Waals surface area contributed by atoms with Gasteiger partial charge >= 0.3 is 5.97 Å². The lowest BCUT2D eigenvalue weighted by Crippen LogP contribution is -2.32. The predicted molar refractivity (Wildman–Crippen MR) is 111 cm³/mol. The van der Waals surface area contributed by atoms with E-state index in [0.29, 0.717) is 28.0 Å². The molecule has 26 heavy (non-hydrogen) atoms. The minimum atomic E-state index is -0.435. The molecule has 4 nitrogen and oxygen atoms in total. The second kappa shape index (κ2) is 9.55. The zero-order chi connectivity index (χ0) is 19.1. The summed E-state index contributed by atoms with van der Waals surface area (Å²) in [6.07, 6.45) is 0.896. The maximum atomic E-state index is 11.8. The molecular formula is C20H23ClN2O2S. The van der Waals surface area contributed by atoms with E-state index in [9.17, 15) is 4.79 Å². The second-order valence-electron chi connectivity index (χ2n) is 5.89. The molecule has 0 fully saturated rings. The maximum absolute atomic E-state index is 11.8. The lowest BCUT2D eigenvalue weighted by molar-refractivity contribution is 0.0526. The Hall–Kier alpha value is -2.11. The van der Waals surface area contributed by atoms with Gasteiger partial charge < -0.3 is 15.4 Å². The van der Waals surface area contributed by atoms with Gasteiger partial charge in [-0.05, 0) is 56.2 Å². The van der Waals surface area contributed by atoms with Gasteiger partial charge in [0.25, 0.3) is 0 Å². The number of ether oxygens (including phenoxy) is 1. The van der Waals surface area contributed by atoms with Gasteiger partial charge in [-0.25, -0.2) is 4.79 Å². The molecule has 0 aromatic heterocycles. The van der Waals surface area contributed by atoms with Gasteiger partial charge in [0.1, 0.15) is 0 Å². The number of carbonyl (C=O) groups excluding carboxylic acids is 1. The summed E-state index contributed by atoms with van der Waals surface area (Å²) in [5.41, 5.74) is 3.45. The third-order valence-corrected chi connectivity index (χ3v) is 4.45. The van der Waals surface area contributed by atoms with Crippen LogP contribution in [0.25, 0.3) is 0 Å². The van der Waals surface area contributed by atoms with Crippen LogP contribution in [-0.2, 0) is 4.74 Å². The van der Waals surface area contributed by atoms with E-state index in [4.69, 9.17) is 28.6 Å². The smallest absolute Gasteiger partial charge is 0.339 e. The van der Waals surface area contributed by atoms with Crippen LogP contribution in [0.5, 0.6) is 0 Å². The van der Waals surface area contributed by atoms with E-state index < -0.39 is 5.97 Å². The summed E-state index contributed by atoms with van der Waals surface area (Å²) in [6, 6.07) is 13.5. The first-order chi connectivity index (χ1) is 12.4. The van der Waals surface area contributed by atoms with E-state index in [-0.39, 0.29) is 6.04 Å². The van der Waals surface area contributed by atoms with Gasteiger partial charge in [0, 0.05) is 5.69 Å². The lowest BCUT2D eigenvalue weighted by Gasteiger charge is -2.20. The van der Waals surface area contributed by atoms with Crippen molar-refractivity contribution in [2.75, 3.05) is 11.9 Å². The maximum Gasteiger partial charge on any atom is 0.339 e. The Morgan fingerprint density at radius 3 is 2.46 bits per heavy atom. The number of hydrogen-bond acceptors (Lipinski definition) is 3. The van der Waals surface area contributed by atoms with Gasteiger partial charge in [-0.3, -0.25) is 0 Å². The summed E-state index contributed by atoms with van der Waals surface area (Å²) in [5, 5.41) is 7.24. The first-order valence-electron chi connectivity index (χ1n) is 8.55. The van der Waals surface area contributed by atoms with Crippen molar-refractivity contribution >= 4 is 40.6 Å². The summed E-state index contributed by atoms with van der Waals surface area (Å²) < 4.78 is 4.97. The molecule has 2 rings (SSSR count). The molecule has 0 amide bonds. The molecule has 0 saturated heterocycles. The van der Waals surface area contributed by atoms with Gasteiger partial charge in [0.05, 0.1) is 23.2 Å². The number of esters is 1. The fourth-order valence-electron chi connectivity index (χ4n) is 2.51. The van der Waals surface area contributed by atoms with Crippen LogP contribution in [0, 0.1) is 6.92 Å². The van der Waals surface area contributed by atoms with Crippen molar-refractivity contribution in [3.8, 4) is 0 Å². The van der Waals surface area contributed by atoms with Crippen molar-refractivity contribution in [3.63, 3.8) is 0 Å². The average molecular weight is 391 g/mol. The Kier molecular flexibility index (Phi) is 7.42. The monoisotopic (exact) mass is 390 g/mol. The molecule has 2 aromatic carbocycles. The molecule has 0 heterocycles. The van der Waals surface area contributed by atoms with Crippen LogP contribution in [0.1, 0.15) is 47.8 Å². The number of anilines is 1. The minimum absolute atomic E-state index is 0.116. The molecule has 0 spiro atoms. The van der Waals surface area contributed by atoms with Crippen molar-refractivity contribution < 1.29 is 9.53 Å². The van der Waals surface area contributed by atoms with Gasteiger partial charge in [0.15, 0.2) is 5.11 Å². The Morgan fingerprint density at radius 2 is 1.88 bits per heavy atom. The van der Waals surface area contributed by atoms with Gasteiger partial charge in [0.2, 0.25) is 0 Å². The molecule has 0 aliphatic rings. The van der Waals surface area contributed by atoms with Crippen LogP contribution >= 0.6 is 23.8 Å². The number of thiocarbonyl (C=S) groups is 1. The number of benzene rings is 2. The van der Waals surface area contributed by atoms with Crippen molar-refractivity contribution in [1.82, 2.24) is 5.32 Å². The van der Waals surface area contributed by atoms with Crippen molar-refractivity contribution in [1.29, 1.82) is 0 Å². The molecular weight excluding hydrogens is 368 g/mol. The molecule has 6 heteroatoms. The fraction of sp³-hybridized carbons (Fsp3) is 0.300. The topological polar surface area (TPSA) is 50.4 Å². The highest BCUT2D eigenvalue weighted by Crippen LogP contribution is 2.22. The van der Waals surface area contributed by atoms with Crippen LogP contribution in [0.15, 0.2) is 42.5 Å². The minimum Gasteiger partial charge on any atom is -0.462 e. The Labute approximate surface area is 164 Å². The van der Waals surface area contributed by atoms with Crippen LogP contribution in [-0.4, -0.2) is 17.7 Å². The zero-order valence-corrected chi connectivity index (χ0v) is 16.7. The molecule has 0 aliphatic heterocycles. The number of halogens is 1. The quantitative estimate of drug-likeness (QED) is 0.520. The van der Waals surface area contributed by atoms with Crippen LogP contribution in [0.3, 0.4) is 0 Å². The Morgan fingerprint density at radius 1 is 1.19 bits per heavy atom. The van der Waals surface area contributed by atoms with Crippen molar-refractivity contribution in [2.45, 2.75) is 33.2 Å². The molecule has 2 aromatic rings. The largest absolute Gasteiger partial charge is 0.462 e. The highest BCUT2D eigenvalue weighted by atomic mass is 35.5. The van der Waals surface area contributed by atoms with E-state index in [1.807, 2.05) is 0 Å². The van der Waals surface area contributed by atoms with Crippen LogP contribution < -0.4 is 10.6 Å². The normalized spacial score (nSPS) is 11.5. The van der Waals surface area contributed by atoms with Crippen molar-refractivity contribution in [2.24, 2.45) is 0 Å². The van der Waals surface area contributed by atoms with Gasteiger partial charge in [-0.2, -0.15) is 0 Å². The molecule has 1 unspecified atom stereocenters.